The molecule has 1 N–H and O–H groups in total. The van der Waals surface area contributed by atoms with E-state index in [0.717, 1.165) is 5.69 Å². The van der Waals surface area contributed by atoms with Gasteiger partial charge in [0.1, 0.15) is 16.3 Å². The van der Waals surface area contributed by atoms with Crippen LogP contribution in [0.2, 0.25) is 0 Å². The molecule has 0 saturated carbocycles. The highest BCUT2D eigenvalue weighted by Gasteiger charge is 1.83. The molecule has 0 amide bonds. The Kier molecular flexibility index (Phi) is 2.54. The number of anilines is 1. The highest BCUT2D eigenvalue weighted by molar-refractivity contribution is 9.06. The Bertz CT molecular complexity index is 166. The fraction of sp³-hybridized carbons (Fsp3) is 0. The lowest BCUT2D eigenvalue weighted by molar-refractivity contribution is 0.505. The summed E-state index contributed by atoms with van der Waals surface area (Å²) >= 11 is 2.77. The van der Waals surface area contributed by atoms with E-state index in [1.54, 1.807) is 0 Å². The van der Waals surface area contributed by atoms with Gasteiger partial charge in [0.2, 0.25) is 0 Å². The van der Waals surface area contributed by atoms with E-state index in [4.69, 9.17) is 0 Å². The molecule has 2 nitrogen and oxygen atoms in total. The molecular weight excluding hydrogens is 182 g/mol. The summed E-state index contributed by atoms with van der Waals surface area (Å²) in [4.78, 5) is 0. The Labute approximate surface area is 62.2 Å². The van der Waals surface area contributed by atoms with Crippen molar-refractivity contribution in [2.24, 2.45) is 0 Å². The van der Waals surface area contributed by atoms with E-state index in [9.17, 15) is 0 Å². The third-order valence-corrected chi connectivity index (χ3v) is 1.09. The van der Waals surface area contributed by atoms with E-state index in [1.165, 1.54) is 0 Å². The van der Waals surface area contributed by atoms with Crippen LogP contribution in [-0.2, 0) is 3.93 Å². The van der Waals surface area contributed by atoms with Crippen molar-refractivity contribution in [3.8, 4) is 0 Å². The number of nitrogens with one attached hydrogen (secondary N) is 1. The third-order valence-electron chi connectivity index (χ3n) is 0.930. The van der Waals surface area contributed by atoms with E-state index in [-0.39, 0.29) is 0 Å². The Balaban J connectivity index is 2.61. The van der Waals surface area contributed by atoms with Crippen molar-refractivity contribution in [1.82, 2.24) is 0 Å². The summed E-state index contributed by atoms with van der Waals surface area (Å²) < 4.78 is 4.49. The van der Waals surface area contributed by atoms with Gasteiger partial charge in [0.15, 0.2) is 0 Å². The summed E-state index contributed by atoms with van der Waals surface area (Å²) in [6.07, 6.45) is 0. The zero-order chi connectivity index (χ0) is 6.53. The van der Waals surface area contributed by atoms with Crippen molar-refractivity contribution < 1.29 is 3.93 Å². The summed E-state index contributed by atoms with van der Waals surface area (Å²) in [7, 11) is 0. The molecule has 0 aliphatic carbocycles. The predicted molar refractivity (Wildman–Crippen MR) is 40.1 cm³/mol. The van der Waals surface area contributed by atoms with Crippen molar-refractivity contribution >= 4 is 21.9 Å². The Morgan fingerprint density at radius 2 is 1.89 bits per heavy atom. The lowest BCUT2D eigenvalue weighted by Crippen LogP contribution is -1.88. The minimum Gasteiger partial charge on any atom is -0.254 e. The van der Waals surface area contributed by atoms with Gasteiger partial charge in [0.05, 0.1) is 5.69 Å². The van der Waals surface area contributed by atoms with Crippen molar-refractivity contribution in [2.45, 2.75) is 0 Å². The number of hydrogen-bond acceptors (Lipinski definition) is 2. The lowest BCUT2D eigenvalue weighted by atomic mass is 10.3. The highest BCUT2D eigenvalue weighted by Crippen LogP contribution is 2.05. The minimum atomic E-state index is 0.925. The SMILES string of the molecule is BrONc1ccccc1. The van der Waals surface area contributed by atoms with Crippen molar-refractivity contribution in [1.29, 1.82) is 0 Å². The lowest BCUT2D eigenvalue weighted by Gasteiger charge is -1.97. The first-order valence-electron chi connectivity index (χ1n) is 2.52. The quantitative estimate of drug-likeness (QED) is 0.719. The maximum absolute atomic E-state index is 4.49. The minimum absolute atomic E-state index is 0.925. The first-order valence-corrected chi connectivity index (χ1v) is 3.17. The second-order valence-corrected chi connectivity index (χ2v) is 1.87. The third kappa shape index (κ3) is 2.03. The van der Waals surface area contributed by atoms with Gasteiger partial charge in [-0.3, -0.25) is 5.48 Å². The monoisotopic (exact) mass is 187 g/mol. The molecule has 0 unspecified atom stereocenters. The van der Waals surface area contributed by atoms with Crippen LogP contribution < -0.4 is 5.48 Å². The van der Waals surface area contributed by atoms with Gasteiger partial charge in [-0.15, -0.1) is 0 Å². The molecule has 1 aromatic carbocycles. The van der Waals surface area contributed by atoms with Gasteiger partial charge < -0.3 is 0 Å². The molecule has 0 spiro atoms. The molecule has 3 heteroatoms. The number of benzene rings is 1. The molecule has 0 aliphatic heterocycles. The van der Waals surface area contributed by atoms with Crippen LogP contribution >= 0.6 is 16.3 Å². The highest BCUT2D eigenvalue weighted by atomic mass is 79.9. The molecule has 0 fully saturated rings. The molecule has 48 valence electrons. The Morgan fingerprint density at radius 3 is 2.44 bits per heavy atom. The topological polar surface area (TPSA) is 21.3 Å². The van der Waals surface area contributed by atoms with E-state index in [2.05, 4.69) is 25.7 Å². The van der Waals surface area contributed by atoms with Gasteiger partial charge in [-0.1, -0.05) is 18.2 Å². The van der Waals surface area contributed by atoms with Gasteiger partial charge in [-0.2, -0.15) is 3.93 Å². The van der Waals surface area contributed by atoms with Gasteiger partial charge >= 0.3 is 0 Å². The van der Waals surface area contributed by atoms with Crippen molar-refractivity contribution in [2.75, 3.05) is 5.48 Å². The van der Waals surface area contributed by atoms with Crippen molar-refractivity contribution in [3.63, 3.8) is 0 Å². The predicted octanol–water partition coefficient (Wildman–Crippen LogP) is 2.34. The maximum Gasteiger partial charge on any atom is 0.133 e. The van der Waals surface area contributed by atoms with Crippen LogP contribution in [0, 0.1) is 0 Å². The number of hydrogen-bond donors (Lipinski definition) is 1. The van der Waals surface area contributed by atoms with Crippen LogP contribution in [0.4, 0.5) is 5.69 Å². The van der Waals surface area contributed by atoms with Crippen LogP contribution in [0.15, 0.2) is 30.3 Å². The molecular formula is C6H6BrNO. The molecule has 1 rings (SSSR count). The second kappa shape index (κ2) is 3.48. The molecule has 0 radical (unpaired) electrons. The Morgan fingerprint density at radius 1 is 1.22 bits per heavy atom. The van der Waals surface area contributed by atoms with Crippen LogP contribution in [0.3, 0.4) is 0 Å². The summed E-state index contributed by atoms with van der Waals surface area (Å²) in [5.74, 6) is 0. The van der Waals surface area contributed by atoms with Gasteiger partial charge in [-0.25, -0.2) is 0 Å². The van der Waals surface area contributed by atoms with Gasteiger partial charge in [0.25, 0.3) is 0 Å². The number of rotatable bonds is 2. The molecule has 0 heterocycles. The maximum atomic E-state index is 4.49. The van der Waals surface area contributed by atoms with Crippen LogP contribution in [0.5, 0.6) is 0 Å². The molecule has 9 heavy (non-hydrogen) atoms. The molecule has 0 atom stereocenters. The average molecular weight is 188 g/mol. The molecule has 1 aromatic rings. The number of halogens is 1. The van der Waals surface area contributed by atoms with Crippen LogP contribution in [-0.4, -0.2) is 0 Å². The normalized spacial score (nSPS) is 9.00. The molecule has 0 saturated heterocycles. The standard InChI is InChI=1S/C6H6BrNO/c7-9-8-6-4-2-1-3-5-6/h1-5,8H. The van der Waals surface area contributed by atoms with E-state index in [1.807, 2.05) is 30.3 Å². The first kappa shape index (κ1) is 6.58. The summed E-state index contributed by atoms with van der Waals surface area (Å²) in [6.45, 7) is 0. The zero-order valence-electron chi connectivity index (χ0n) is 4.67. The second-order valence-electron chi connectivity index (χ2n) is 1.55. The van der Waals surface area contributed by atoms with Crippen molar-refractivity contribution in [3.05, 3.63) is 30.3 Å². The first-order chi connectivity index (χ1) is 4.43. The molecule has 0 aliphatic rings. The van der Waals surface area contributed by atoms with Gasteiger partial charge in [0, 0.05) is 0 Å². The Hall–Kier alpha value is -0.540. The smallest absolute Gasteiger partial charge is 0.133 e. The zero-order valence-corrected chi connectivity index (χ0v) is 6.26. The number of para-hydroxylation sites is 1. The summed E-state index contributed by atoms with van der Waals surface area (Å²) in [5, 5.41) is 0. The summed E-state index contributed by atoms with van der Waals surface area (Å²) in [5.41, 5.74) is 3.55. The molecule has 0 bridgehead atoms. The van der Waals surface area contributed by atoms with E-state index >= 15 is 0 Å². The van der Waals surface area contributed by atoms with Crippen LogP contribution in [0.25, 0.3) is 0 Å². The van der Waals surface area contributed by atoms with Gasteiger partial charge in [-0.05, 0) is 12.1 Å². The van der Waals surface area contributed by atoms with Crippen LogP contribution in [0.1, 0.15) is 0 Å². The fourth-order valence-electron chi connectivity index (χ4n) is 0.551. The average Bonchev–Trinajstić information content (AvgIpc) is 1.91. The van der Waals surface area contributed by atoms with E-state index < -0.39 is 0 Å². The largest absolute Gasteiger partial charge is 0.254 e. The summed E-state index contributed by atoms with van der Waals surface area (Å²) in [6, 6.07) is 9.60. The fourth-order valence-corrected chi connectivity index (χ4v) is 0.738. The molecule has 0 aromatic heterocycles. The van der Waals surface area contributed by atoms with E-state index in [0.29, 0.717) is 0 Å².